The Bertz CT molecular complexity index is 797. The standard InChI is InChI=1S/C19H19NO5/c21-17(14-9-5-11-25-14)15-16(13-8-4-10-24-13)20(19(23)18(15)22)12-6-2-1-3-7-12/h4-5,8-12,16,22H,1-3,6-7H2. The molecule has 1 fully saturated rings. The number of amides is 1. The third-order valence-electron chi connectivity index (χ3n) is 5.01. The molecule has 2 aromatic heterocycles. The highest BCUT2D eigenvalue weighted by molar-refractivity contribution is 6.14. The van der Waals surface area contributed by atoms with Gasteiger partial charge < -0.3 is 18.8 Å². The van der Waals surface area contributed by atoms with E-state index in [2.05, 4.69) is 0 Å². The van der Waals surface area contributed by atoms with E-state index in [0.29, 0.717) is 5.76 Å². The van der Waals surface area contributed by atoms with Crippen molar-refractivity contribution in [1.29, 1.82) is 0 Å². The number of nitrogens with zero attached hydrogens (tertiary/aromatic N) is 1. The molecule has 1 saturated carbocycles. The number of aliphatic hydroxyl groups is 1. The number of ketones is 1. The van der Waals surface area contributed by atoms with Crippen molar-refractivity contribution in [1.82, 2.24) is 4.90 Å². The lowest BCUT2D eigenvalue weighted by atomic mass is 9.92. The van der Waals surface area contributed by atoms with Crippen LogP contribution >= 0.6 is 0 Å². The summed E-state index contributed by atoms with van der Waals surface area (Å²) in [6.45, 7) is 0. The summed E-state index contributed by atoms with van der Waals surface area (Å²) in [6.07, 6.45) is 7.81. The molecule has 1 aliphatic heterocycles. The van der Waals surface area contributed by atoms with Crippen LogP contribution in [0.2, 0.25) is 0 Å². The van der Waals surface area contributed by atoms with Gasteiger partial charge in [0.15, 0.2) is 11.5 Å². The fraction of sp³-hybridized carbons (Fsp3) is 0.368. The summed E-state index contributed by atoms with van der Waals surface area (Å²) in [6, 6.07) is 5.83. The molecule has 0 spiro atoms. The van der Waals surface area contributed by atoms with Gasteiger partial charge in [-0.1, -0.05) is 19.3 Å². The first-order valence-corrected chi connectivity index (χ1v) is 8.56. The van der Waals surface area contributed by atoms with Gasteiger partial charge in [0.2, 0.25) is 5.78 Å². The summed E-state index contributed by atoms with van der Waals surface area (Å²) in [5.74, 6) is -0.943. The van der Waals surface area contributed by atoms with E-state index < -0.39 is 23.5 Å². The molecule has 0 radical (unpaired) electrons. The molecule has 0 aromatic carbocycles. The molecule has 6 heteroatoms. The van der Waals surface area contributed by atoms with Crippen LogP contribution in [0.3, 0.4) is 0 Å². The second-order valence-electron chi connectivity index (χ2n) is 6.49. The van der Waals surface area contributed by atoms with Crippen molar-refractivity contribution in [2.24, 2.45) is 0 Å². The first kappa shape index (κ1) is 15.7. The molecule has 3 heterocycles. The molecule has 1 aliphatic carbocycles. The lowest BCUT2D eigenvalue weighted by Crippen LogP contribution is -2.41. The Balaban J connectivity index is 1.78. The van der Waals surface area contributed by atoms with Gasteiger partial charge in [0.05, 0.1) is 18.1 Å². The molecule has 1 unspecified atom stereocenters. The molecule has 1 atom stereocenters. The Hall–Kier alpha value is -2.76. The van der Waals surface area contributed by atoms with Gasteiger partial charge >= 0.3 is 0 Å². The van der Waals surface area contributed by atoms with E-state index >= 15 is 0 Å². The average Bonchev–Trinajstić information content (AvgIpc) is 3.37. The van der Waals surface area contributed by atoms with E-state index in [9.17, 15) is 14.7 Å². The van der Waals surface area contributed by atoms with Crippen LogP contribution in [0.4, 0.5) is 0 Å². The second kappa shape index (κ2) is 6.27. The summed E-state index contributed by atoms with van der Waals surface area (Å²) in [5, 5.41) is 10.5. The summed E-state index contributed by atoms with van der Waals surface area (Å²) >= 11 is 0. The zero-order valence-electron chi connectivity index (χ0n) is 13.7. The molecule has 0 bridgehead atoms. The minimum Gasteiger partial charge on any atom is -0.503 e. The van der Waals surface area contributed by atoms with E-state index in [0.717, 1.165) is 32.1 Å². The predicted octanol–water partition coefficient (Wildman–Crippen LogP) is 3.78. The van der Waals surface area contributed by atoms with Crippen LogP contribution in [0.5, 0.6) is 0 Å². The number of furan rings is 2. The fourth-order valence-electron chi connectivity index (χ4n) is 3.86. The maximum atomic E-state index is 12.9. The first-order valence-electron chi connectivity index (χ1n) is 8.56. The summed E-state index contributed by atoms with van der Waals surface area (Å²) in [4.78, 5) is 27.3. The summed E-state index contributed by atoms with van der Waals surface area (Å²) in [5.41, 5.74) is 0.0282. The van der Waals surface area contributed by atoms with Crippen LogP contribution < -0.4 is 0 Å². The van der Waals surface area contributed by atoms with Crippen molar-refractivity contribution in [3.05, 3.63) is 59.6 Å². The van der Waals surface area contributed by atoms with Crippen LogP contribution in [-0.2, 0) is 4.79 Å². The molecule has 0 saturated heterocycles. The van der Waals surface area contributed by atoms with Crippen molar-refractivity contribution in [3.63, 3.8) is 0 Å². The number of Topliss-reactive ketones (excluding diaryl/α,β-unsaturated/α-hetero) is 1. The molecular formula is C19H19NO5. The molecule has 130 valence electrons. The van der Waals surface area contributed by atoms with Gasteiger partial charge in [-0.2, -0.15) is 0 Å². The highest BCUT2D eigenvalue weighted by atomic mass is 16.3. The van der Waals surface area contributed by atoms with E-state index in [1.54, 1.807) is 23.1 Å². The Morgan fingerprint density at radius 3 is 2.44 bits per heavy atom. The smallest absolute Gasteiger partial charge is 0.290 e. The van der Waals surface area contributed by atoms with Crippen molar-refractivity contribution < 1.29 is 23.5 Å². The third kappa shape index (κ3) is 2.58. The monoisotopic (exact) mass is 341 g/mol. The van der Waals surface area contributed by atoms with Crippen molar-refractivity contribution in [3.8, 4) is 0 Å². The van der Waals surface area contributed by atoms with E-state index in [-0.39, 0.29) is 17.4 Å². The number of carbonyl (C=O) groups excluding carboxylic acids is 2. The minimum atomic E-state index is -0.719. The Labute approximate surface area is 144 Å². The normalized spacial score (nSPS) is 22.0. The van der Waals surface area contributed by atoms with Gasteiger partial charge in [0, 0.05) is 6.04 Å². The average molecular weight is 341 g/mol. The maximum absolute atomic E-state index is 12.9. The van der Waals surface area contributed by atoms with E-state index in [4.69, 9.17) is 8.83 Å². The molecule has 4 rings (SSSR count). The lowest BCUT2D eigenvalue weighted by molar-refractivity contribution is -0.132. The summed E-state index contributed by atoms with van der Waals surface area (Å²) < 4.78 is 10.7. The Kier molecular flexibility index (Phi) is 3.95. The minimum absolute atomic E-state index is 0.0135. The van der Waals surface area contributed by atoms with Crippen molar-refractivity contribution in [2.75, 3.05) is 0 Å². The number of carbonyl (C=O) groups is 2. The third-order valence-corrected chi connectivity index (χ3v) is 5.01. The molecule has 2 aromatic rings. The number of aliphatic hydroxyl groups excluding tert-OH is 1. The number of hydrogen-bond donors (Lipinski definition) is 1. The maximum Gasteiger partial charge on any atom is 0.290 e. The lowest BCUT2D eigenvalue weighted by Gasteiger charge is -2.35. The molecule has 6 nitrogen and oxygen atoms in total. The molecular weight excluding hydrogens is 322 g/mol. The molecule has 2 aliphatic rings. The molecule has 1 N–H and O–H groups in total. The van der Waals surface area contributed by atoms with E-state index in [1.165, 1.54) is 18.6 Å². The highest BCUT2D eigenvalue weighted by Crippen LogP contribution is 2.42. The SMILES string of the molecule is O=C(C1=C(O)C(=O)N(C2CCCCC2)C1c1ccco1)c1ccco1. The van der Waals surface area contributed by atoms with Crippen LogP contribution in [0.25, 0.3) is 0 Å². The molecule has 25 heavy (non-hydrogen) atoms. The summed E-state index contributed by atoms with van der Waals surface area (Å²) in [7, 11) is 0. The van der Waals surface area contributed by atoms with Crippen LogP contribution in [0, 0.1) is 0 Å². The van der Waals surface area contributed by atoms with Gasteiger partial charge in [0.25, 0.3) is 5.91 Å². The topological polar surface area (TPSA) is 83.9 Å². The Morgan fingerprint density at radius 1 is 1.08 bits per heavy atom. The first-order chi connectivity index (χ1) is 12.2. The van der Waals surface area contributed by atoms with Crippen molar-refractivity contribution in [2.45, 2.75) is 44.2 Å². The number of rotatable bonds is 4. The second-order valence-corrected chi connectivity index (χ2v) is 6.49. The van der Waals surface area contributed by atoms with Gasteiger partial charge in [0.1, 0.15) is 11.8 Å². The zero-order valence-corrected chi connectivity index (χ0v) is 13.7. The quantitative estimate of drug-likeness (QED) is 0.856. The van der Waals surface area contributed by atoms with Crippen LogP contribution in [0.1, 0.15) is 54.5 Å². The van der Waals surface area contributed by atoms with Crippen LogP contribution in [-0.4, -0.2) is 27.7 Å². The van der Waals surface area contributed by atoms with E-state index in [1.807, 2.05) is 0 Å². The van der Waals surface area contributed by atoms with Gasteiger partial charge in [-0.15, -0.1) is 0 Å². The highest BCUT2D eigenvalue weighted by Gasteiger charge is 2.48. The largest absolute Gasteiger partial charge is 0.503 e. The zero-order chi connectivity index (χ0) is 17.4. The number of hydrogen-bond acceptors (Lipinski definition) is 5. The fourth-order valence-corrected chi connectivity index (χ4v) is 3.86. The van der Waals surface area contributed by atoms with Crippen molar-refractivity contribution >= 4 is 11.7 Å². The van der Waals surface area contributed by atoms with Gasteiger partial charge in [-0.25, -0.2) is 0 Å². The molecule has 1 amide bonds. The van der Waals surface area contributed by atoms with Gasteiger partial charge in [-0.05, 0) is 37.1 Å². The van der Waals surface area contributed by atoms with Crippen LogP contribution in [0.15, 0.2) is 57.0 Å². The predicted molar refractivity (Wildman–Crippen MR) is 87.9 cm³/mol. The van der Waals surface area contributed by atoms with Gasteiger partial charge in [-0.3, -0.25) is 9.59 Å². The Morgan fingerprint density at radius 2 is 1.80 bits per heavy atom.